The van der Waals surface area contributed by atoms with Crippen molar-refractivity contribution in [2.45, 2.75) is 32.4 Å². The molecule has 3 nitrogen and oxygen atoms in total. The van der Waals surface area contributed by atoms with Crippen LogP contribution in [0.25, 0.3) is 0 Å². The quantitative estimate of drug-likeness (QED) is 0.640. The Kier molecular flexibility index (Phi) is 6.26. The molecule has 0 aliphatic rings. The molecule has 3 aromatic rings. The minimum atomic E-state index is -0.541. The van der Waals surface area contributed by atoms with Crippen molar-refractivity contribution in [2.24, 2.45) is 0 Å². The molecule has 0 saturated heterocycles. The monoisotopic (exact) mass is 359 g/mol. The van der Waals surface area contributed by atoms with E-state index in [1.165, 1.54) is 0 Å². The Labute approximate surface area is 161 Å². The summed E-state index contributed by atoms with van der Waals surface area (Å²) in [7, 11) is 0. The number of benzene rings is 3. The van der Waals surface area contributed by atoms with Crippen molar-refractivity contribution in [3.63, 3.8) is 0 Å². The average molecular weight is 359 g/mol. The summed E-state index contributed by atoms with van der Waals surface area (Å²) in [5.41, 5.74) is 3.11. The van der Waals surface area contributed by atoms with Crippen molar-refractivity contribution in [3.05, 3.63) is 102 Å². The fraction of sp³-hybridized carbons (Fsp3) is 0.208. The zero-order valence-corrected chi connectivity index (χ0v) is 15.8. The molecule has 0 fully saturated rings. The largest absolute Gasteiger partial charge is 0.480 e. The van der Waals surface area contributed by atoms with E-state index in [0.717, 1.165) is 22.4 Å². The van der Waals surface area contributed by atoms with Crippen LogP contribution in [0, 0.1) is 6.92 Å². The van der Waals surface area contributed by atoms with E-state index in [9.17, 15) is 4.79 Å². The fourth-order valence-corrected chi connectivity index (χ4v) is 3.05. The number of nitrogens with one attached hydrogen (secondary N) is 1. The molecule has 3 rings (SSSR count). The highest BCUT2D eigenvalue weighted by Gasteiger charge is 2.24. The second-order valence-corrected chi connectivity index (χ2v) is 6.54. The van der Waals surface area contributed by atoms with Crippen LogP contribution in [0.3, 0.4) is 0 Å². The molecule has 0 aromatic heterocycles. The van der Waals surface area contributed by atoms with Crippen LogP contribution in [-0.2, 0) is 4.79 Å². The number of amides is 1. The highest BCUT2D eigenvalue weighted by Crippen LogP contribution is 2.23. The van der Waals surface area contributed by atoms with E-state index in [0.29, 0.717) is 6.42 Å². The minimum absolute atomic E-state index is 0.113. The Balaban J connectivity index is 1.82. The number of carbonyl (C=O) groups is 1. The third kappa shape index (κ3) is 4.76. The highest BCUT2D eigenvalue weighted by molar-refractivity contribution is 5.82. The minimum Gasteiger partial charge on any atom is -0.480 e. The Morgan fingerprint density at radius 2 is 1.37 bits per heavy atom. The first-order valence-corrected chi connectivity index (χ1v) is 9.31. The first kappa shape index (κ1) is 18.7. The number of aryl methyl sites for hydroxylation is 1. The van der Waals surface area contributed by atoms with Gasteiger partial charge in [-0.25, -0.2) is 0 Å². The molecule has 27 heavy (non-hydrogen) atoms. The Morgan fingerprint density at radius 1 is 0.852 bits per heavy atom. The molecule has 0 aliphatic carbocycles. The maximum atomic E-state index is 13.0. The summed E-state index contributed by atoms with van der Waals surface area (Å²) in [5, 5.41) is 3.18. The van der Waals surface area contributed by atoms with Gasteiger partial charge >= 0.3 is 0 Å². The lowest BCUT2D eigenvalue weighted by molar-refractivity contribution is -0.128. The number of hydrogen-bond acceptors (Lipinski definition) is 2. The van der Waals surface area contributed by atoms with E-state index in [2.05, 4.69) is 5.32 Å². The van der Waals surface area contributed by atoms with Crippen LogP contribution in [0.5, 0.6) is 5.75 Å². The molecule has 3 heteroatoms. The molecule has 0 unspecified atom stereocenters. The zero-order valence-electron chi connectivity index (χ0n) is 15.8. The van der Waals surface area contributed by atoms with Gasteiger partial charge in [0.25, 0.3) is 5.91 Å². The molecule has 138 valence electrons. The van der Waals surface area contributed by atoms with Crippen LogP contribution in [0.15, 0.2) is 84.9 Å². The first-order valence-electron chi connectivity index (χ1n) is 9.31. The van der Waals surface area contributed by atoms with Crippen molar-refractivity contribution in [2.75, 3.05) is 0 Å². The predicted octanol–water partition coefficient (Wildman–Crippen LogP) is 5.06. The van der Waals surface area contributed by atoms with Crippen molar-refractivity contribution < 1.29 is 9.53 Å². The second kappa shape index (κ2) is 9.04. The maximum absolute atomic E-state index is 13.0. The van der Waals surface area contributed by atoms with E-state index in [4.69, 9.17) is 4.74 Å². The summed E-state index contributed by atoms with van der Waals surface area (Å²) in [6.07, 6.45) is 0.0530. The molecule has 0 saturated carbocycles. The summed E-state index contributed by atoms with van der Waals surface area (Å²) in [6, 6.07) is 27.6. The highest BCUT2D eigenvalue weighted by atomic mass is 16.5. The molecule has 0 bridgehead atoms. The summed E-state index contributed by atoms with van der Waals surface area (Å²) in [6.45, 7) is 3.94. The predicted molar refractivity (Wildman–Crippen MR) is 109 cm³/mol. The van der Waals surface area contributed by atoms with Crippen molar-refractivity contribution in [1.82, 2.24) is 5.32 Å². The Morgan fingerprint density at radius 3 is 1.89 bits per heavy atom. The lowest BCUT2D eigenvalue weighted by Crippen LogP contribution is -2.40. The molecule has 0 spiro atoms. The second-order valence-electron chi connectivity index (χ2n) is 6.54. The maximum Gasteiger partial charge on any atom is 0.261 e. The van der Waals surface area contributed by atoms with E-state index in [-0.39, 0.29) is 11.9 Å². The third-order valence-electron chi connectivity index (χ3n) is 4.58. The first-order chi connectivity index (χ1) is 13.2. The van der Waals surface area contributed by atoms with Crippen LogP contribution >= 0.6 is 0 Å². The van der Waals surface area contributed by atoms with Gasteiger partial charge in [0.1, 0.15) is 5.75 Å². The molecule has 1 N–H and O–H groups in total. The smallest absolute Gasteiger partial charge is 0.261 e. The normalized spacial score (nSPS) is 11.8. The number of rotatable bonds is 7. The number of hydrogen-bond donors (Lipinski definition) is 1. The summed E-state index contributed by atoms with van der Waals surface area (Å²) < 4.78 is 6.02. The zero-order chi connectivity index (χ0) is 19.1. The summed E-state index contributed by atoms with van der Waals surface area (Å²) in [4.78, 5) is 13.0. The lowest BCUT2D eigenvalue weighted by Gasteiger charge is -2.24. The van der Waals surface area contributed by atoms with E-state index in [1.54, 1.807) is 0 Å². The van der Waals surface area contributed by atoms with Crippen LogP contribution < -0.4 is 10.1 Å². The third-order valence-corrected chi connectivity index (χ3v) is 4.58. The van der Waals surface area contributed by atoms with Gasteiger partial charge in [-0.3, -0.25) is 4.79 Å². The fourth-order valence-electron chi connectivity index (χ4n) is 3.05. The molecule has 0 radical (unpaired) electrons. The number of para-hydroxylation sites is 1. The molecule has 1 amide bonds. The van der Waals surface area contributed by atoms with E-state index < -0.39 is 6.10 Å². The molecule has 0 heterocycles. The average Bonchev–Trinajstić information content (AvgIpc) is 2.72. The summed E-state index contributed by atoms with van der Waals surface area (Å²) >= 11 is 0. The molecule has 0 aliphatic heterocycles. The number of carbonyl (C=O) groups excluding carboxylic acids is 1. The van der Waals surface area contributed by atoms with Crippen LogP contribution in [-0.4, -0.2) is 12.0 Å². The van der Waals surface area contributed by atoms with Gasteiger partial charge in [-0.15, -0.1) is 0 Å². The van der Waals surface area contributed by atoms with E-state index >= 15 is 0 Å². The van der Waals surface area contributed by atoms with Gasteiger partial charge in [-0.1, -0.05) is 85.8 Å². The van der Waals surface area contributed by atoms with Gasteiger partial charge < -0.3 is 10.1 Å². The SMILES string of the molecule is CC[C@@H](Oc1ccccc1C)C(=O)NC(c1ccccc1)c1ccccc1. The molecular weight excluding hydrogens is 334 g/mol. The van der Waals surface area contributed by atoms with Gasteiger partial charge in [0.15, 0.2) is 6.10 Å². The molecular formula is C24H25NO2. The number of ether oxygens (including phenoxy) is 1. The topological polar surface area (TPSA) is 38.3 Å². The van der Waals surface area contributed by atoms with Crippen LogP contribution in [0.4, 0.5) is 0 Å². The van der Waals surface area contributed by atoms with Crippen LogP contribution in [0.2, 0.25) is 0 Å². The van der Waals surface area contributed by atoms with Crippen molar-refractivity contribution in [1.29, 1.82) is 0 Å². The molecule has 1 atom stereocenters. The Bertz CT molecular complexity index is 822. The molecule has 3 aromatic carbocycles. The van der Waals surface area contributed by atoms with Gasteiger partial charge in [0.2, 0.25) is 0 Å². The van der Waals surface area contributed by atoms with E-state index in [1.807, 2.05) is 98.8 Å². The van der Waals surface area contributed by atoms with Crippen molar-refractivity contribution in [3.8, 4) is 5.75 Å². The van der Waals surface area contributed by atoms with Crippen LogP contribution in [0.1, 0.15) is 36.1 Å². The van der Waals surface area contributed by atoms with Gasteiger partial charge in [0.05, 0.1) is 6.04 Å². The lowest BCUT2D eigenvalue weighted by atomic mass is 9.98. The standard InChI is InChI=1S/C24H25NO2/c1-3-21(27-22-17-11-10-12-18(22)2)24(26)25-23(19-13-6-4-7-14-19)20-15-8-5-9-16-20/h4-17,21,23H,3H2,1-2H3,(H,25,26)/t21-/m1/s1. The van der Waals surface area contributed by atoms with Gasteiger partial charge in [0, 0.05) is 0 Å². The Hall–Kier alpha value is -3.07. The van der Waals surface area contributed by atoms with Gasteiger partial charge in [-0.2, -0.15) is 0 Å². The van der Waals surface area contributed by atoms with Gasteiger partial charge in [-0.05, 0) is 36.1 Å². The summed E-state index contributed by atoms with van der Waals surface area (Å²) in [5.74, 6) is 0.633. The van der Waals surface area contributed by atoms with Crippen molar-refractivity contribution >= 4 is 5.91 Å².